The van der Waals surface area contributed by atoms with Crippen molar-refractivity contribution in [2.24, 2.45) is 0 Å². The first-order chi connectivity index (χ1) is 8.58. The SMILES string of the molecule is Cc1nc(CCNC(=O)c2c(N)n[nH]c2C)cs1. The van der Waals surface area contributed by atoms with Crippen molar-refractivity contribution in [3.8, 4) is 0 Å². The van der Waals surface area contributed by atoms with E-state index < -0.39 is 0 Å². The zero-order valence-corrected chi connectivity index (χ0v) is 11.1. The van der Waals surface area contributed by atoms with E-state index in [2.05, 4.69) is 20.5 Å². The van der Waals surface area contributed by atoms with Crippen LogP contribution in [0.25, 0.3) is 0 Å². The van der Waals surface area contributed by atoms with Gasteiger partial charge in [-0.2, -0.15) is 5.10 Å². The minimum atomic E-state index is -0.203. The number of nitrogens with zero attached hydrogens (tertiary/aromatic N) is 2. The summed E-state index contributed by atoms with van der Waals surface area (Å²) in [4.78, 5) is 16.2. The molecule has 0 aromatic carbocycles. The Bertz CT molecular complexity index is 540. The predicted molar refractivity (Wildman–Crippen MR) is 70.6 cm³/mol. The fraction of sp³-hybridized carbons (Fsp3) is 0.364. The number of carbonyl (C=O) groups is 1. The summed E-state index contributed by atoms with van der Waals surface area (Å²) in [6.45, 7) is 4.26. The number of nitrogens with one attached hydrogen (secondary N) is 2. The Kier molecular flexibility index (Phi) is 3.61. The highest BCUT2D eigenvalue weighted by Crippen LogP contribution is 2.12. The standard InChI is InChI=1S/C11H15N5OS/c1-6-9(10(12)16-15-6)11(17)13-4-3-8-5-18-7(2)14-8/h5H,3-4H2,1-2H3,(H,13,17)(H3,12,15,16). The van der Waals surface area contributed by atoms with Crippen LogP contribution in [0.1, 0.15) is 26.8 Å². The first-order valence-electron chi connectivity index (χ1n) is 5.57. The van der Waals surface area contributed by atoms with Crippen molar-refractivity contribution < 1.29 is 4.79 Å². The van der Waals surface area contributed by atoms with Gasteiger partial charge >= 0.3 is 0 Å². The maximum atomic E-state index is 11.9. The van der Waals surface area contributed by atoms with E-state index in [9.17, 15) is 4.79 Å². The Hall–Kier alpha value is -1.89. The van der Waals surface area contributed by atoms with Crippen LogP contribution in [0, 0.1) is 13.8 Å². The molecular formula is C11H15N5OS. The molecule has 0 fully saturated rings. The molecule has 2 heterocycles. The van der Waals surface area contributed by atoms with Gasteiger partial charge in [-0.3, -0.25) is 9.89 Å². The minimum Gasteiger partial charge on any atom is -0.382 e. The van der Waals surface area contributed by atoms with Crippen molar-refractivity contribution >= 4 is 23.1 Å². The molecule has 7 heteroatoms. The largest absolute Gasteiger partial charge is 0.382 e. The van der Waals surface area contributed by atoms with Crippen LogP contribution in [0.3, 0.4) is 0 Å². The minimum absolute atomic E-state index is 0.203. The van der Waals surface area contributed by atoms with Crippen molar-refractivity contribution in [3.05, 3.63) is 27.3 Å². The average molecular weight is 265 g/mol. The van der Waals surface area contributed by atoms with Crippen molar-refractivity contribution in [3.63, 3.8) is 0 Å². The Morgan fingerprint density at radius 2 is 2.33 bits per heavy atom. The highest BCUT2D eigenvalue weighted by molar-refractivity contribution is 7.09. The number of hydrogen-bond acceptors (Lipinski definition) is 5. The highest BCUT2D eigenvalue weighted by atomic mass is 32.1. The number of nitrogens with two attached hydrogens (primary N) is 1. The van der Waals surface area contributed by atoms with Gasteiger partial charge in [-0.1, -0.05) is 0 Å². The fourth-order valence-corrected chi connectivity index (χ4v) is 2.30. The highest BCUT2D eigenvalue weighted by Gasteiger charge is 2.15. The monoisotopic (exact) mass is 265 g/mol. The van der Waals surface area contributed by atoms with Gasteiger partial charge in [-0.15, -0.1) is 11.3 Å². The van der Waals surface area contributed by atoms with E-state index in [4.69, 9.17) is 5.73 Å². The smallest absolute Gasteiger partial charge is 0.256 e. The second-order valence-electron chi connectivity index (χ2n) is 3.97. The van der Waals surface area contributed by atoms with Gasteiger partial charge in [0.25, 0.3) is 5.91 Å². The zero-order chi connectivity index (χ0) is 13.1. The van der Waals surface area contributed by atoms with E-state index >= 15 is 0 Å². The summed E-state index contributed by atoms with van der Waals surface area (Å²) >= 11 is 1.61. The Balaban J connectivity index is 1.89. The number of thiazole rings is 1. The lowest BCUT2D eigenvalue weighted by Crippen LogP contribution is -2.26. The quantitative estimate of drug-likeness (QED) is 0.769. The van der Waals surface area contributed by atoms with E-state index in [1.54, 1.807) is 18.3 Å². The summed E-state index contributed by atoms with van der Waals surface area (Å²) in [5.41, 5.74) is 7.71. The van der Waals surface area contributed by atoms with Crippen LogP contribution in [0.4, 0.5) is 5.82 Å². The van der Waals surface area contributed by atoms with Crippen LogP contribution in [0.15, 0.2) is 5.38 Å². The molecule has 0 bridgehead atoms. The van der Waals surface area contributed by atoms with Gasteiger partial charge < -0.3 is 11.1 Å². The van der Waals surface area contributed by atoms with Crippen LogP contribution in [-0.4, -0.2) is 27.6 Å². The molecule has 1 amide bonds. The van der Waals surface area contributed by atoms with Crippen molar-refractivity contribution in [1.29, 1.82) is 0 Å². The fourth-order valence-electron chi connectivity index (χ4n) is 1.65. The molecule has 4 N–H and O–H groups in total. The zero-order valence-electron chi connectivity index (χ0n) is 10.3. The summed E-state index contributed by atoms with van der Waals surface area (Å²) < 4.78 is 0. The normalized spacial score (nSPS) is 10.6. The van der Waals surface area contributed by atoms with Crippen molar-refractivity contribution in [2.75, 3.05) is 12.3 Å². The third-order valence-electron chi connectivity index (χ3n) is 2.54. The lowest BCUT2D eigenvalue weighted by molar-refractivity contribution is 0.0954. The molecule has 2 aromatic rings. The van der Waals surface area contributed by atoms with E-state index in [1.165, 1.54) is 0 Å². The molecule has 96 valence electrons. The molecule has 0 saturated carbocycles. The van der Waals surface area contributed by atoms with Crippen molar-refractivity contribution in [2.45, 2.75) is 20.3 Å². The molecule has 0 radical (unpaired) electrons. The van der Waals surface area contributed by atoms with Gasteiger partial charge in [0, 0.05) is 24.0 Å². The van der Waals surface area contributed by atoms with Crippen LogP contribution < -0.4 is 11.1 Å². The number of nitrogen functional groups attached to an aromatic ring is 1. The van der Waals surface area contributed by atoms with E-state index in [1.807, 2.05) is 12.3 Å². The topological polar surface area (TPSA) is 96.7 Å². The summed E-state index contributed by atoms with van der Waals surface area (Å²) in [7, 11) is 0. The number of aryl methyl sites for hydroxylation is 2. The molecule has 6 nitrogen and oxygen atoms in total. The van der Waals surface area contributed by atoms with Gasteiger partial charge in [-0.05, 0) is 13.8 Å². The third-order valence-corrected chi connectivity index (χ3v) is 3.36. The Morgan fingerprint density at radius 3 is 2.89 bits per heavy atom. The molecule has 0 aliphatic heterocycles. The Morgan fingerprint density at radius 1 is 1.56 bits per heavy atom. The molecule has 0 aliphatic carbocycles. The molecule has 2 aromatic heterocycles. The number of carbonyl (C=O) groups excluding carboxylic acids is 1. The average Bonchev–Trinajstić information content (AvgIpc) is 2.86. The molecule has 0 atom stereocenters. The van der Waals surface area contributed by atoms with E-state index in [-0.39, 0.29) is 11.7 Å². The molecular weight excluding hydrogens is 250 g/mol. The van der Waals surface area contributed by atoms with Gasteiger partial charge in [0.2, 0.25) is 0 Å². The summed E-state index contributed by atoms with van der Waals surface area (Å²) in [6.07, 6.45) is 0.715. The van der Waals surface area contributed by atoms with Crippen molar-refractivity contribution in [1.82, 2.24) is 20.5 Å². The maximum Gasteiger partial charge on any atom is 0.256 e. The second-order valence-corrected chi connectivity index (χ2v) is 5.03. The number of amides is 1. The molecule has 0 saturated heterocycles. The van der Waals surface area contributed by atoms with Gasteiger partial charge in [0.1, 0.15) is 5.56 Å². The second kappa shape index (κ2) is 5.18. The Labute approximate surface area is 109 Å². The summed E-state index contributed by atoms with van der Waals surface area (Å²) in [6, 6.07) is 0. The van der Waals surface area contributed by atoms with Crippen LogP contribution >= 0.6 is 11.3 Å². The van der Waals surface area contributed by atoms with Crippen LogP contribution in [-0.2, 0) is 6.42 Å². The summed E-state index contributed by atoms with van der Waals surface area (Å²) in [5.74, 6) is 0.0280. The van der Waals surface area contributed by atoms with Gasteiger partial charge in [-0.25, -0.2) is 4.98 Å². The number of rotatable bonds is 4. The number of H-pyrrole nitrogens is 1. The first-order valence-corrected chi connectivity index (χ1v) is 6.45. The maximum absolute atomic E-state index is 11.9. The van der Waals surface area contributed by atoms with Gasteiger partial charge in [0.15, 0.2) is 5.82 Å². The molecule has 0 aliphatic rings. The molecule has 18 heavy (non-hydrogen) atoms. The van der Waals surface area contributed by atoms with Crippen LogP contribution in [0.5, 0.6) is 0 Å². The molecule has 0 unspecified atom stereocenters. The molecule has 2 rings (SSSR count). The van der Waals surface area contributed by atoms with E-state index in [0.29, 0.717) is 24.2 Å². The first kappa shape index (κ1) is 12.6. The summed E-state index contributed by atoms with van der Waals surface area (Å²) in [5, 5.41) is 12.3. The number of anilines is 1. The van der Waals surface area contributed by atoms with Gasteiger partial charge in [0.05, 0.1) is 10.7 Å². The van der Waals surface area contributed by atoms with Crippen LogP contribution in [0.2, 0.25) is 0 Å². The number of aromatic amines is 1. The third kappa shape index (κ3) is 2.67. The molecule has 0 spiro atoms. The number of aromatic nitrogens is 3. The lowest BCUT2D eigenvalue weighted by Gasteiger charge is -2.03. The predicted octanol–water partition coefficient (Wildman–Crippen LogP) is 1.04. The lowest BCUT2D eigenvalue weighted by atomic mass is 10.2. The number of hydrogen-bond donors (Lipinski definition) is 3. The van der Waals surface area contributed by atoms with E-state index in [0.717, 1.165) is 10.7 Å².